The lowest BCUT2D eigenvalue weighted by atomic mass is 9.50. The van der Waals surface area contributed by atoms with Crippen molar-refractivity contribution in [2.75, 3.05) is 12.4 Å². The van der Waals surface area contributed by atoms with Crippen LogP contribution in [0.3, 0.4) is 0 Å². The first-order valence-corrected chi connectivity index (χ1v) is 15.2. The molecule has 0 radical (unpaired) electrons. The van der Waals surface area contributed by atoms with Crippen molar-refractivity contribution < 1.29 is 53.9 Å². The van der Waals surface area contributed by atoms with Crippen LogP contribution in [0.5, 0.6) is 0 Å². The number of aliphatic hydroxyl groups excluding tert-OH is 1. The van der Waals surface area contributed by atoms with E-state index < -0.39 is 46.4 Å². The molecular formula is C31H40O11S. The summed E-state index contributed by atoms with van der Waals surface area (Å²) in [6, 6.07) is 8.30. The molecule has 236 valence electrons. The fraction of sp³-hybridized carbons (Fsp3) is 0.581. The Morgan fingerprint density at radius 1 is 1.14 bits per heavy atom. The molecule has 2 saturated carbocycles. The van der Waals surface area contributed by atoms with Crippen molar-refractivity contribution in [2.24, 2.45) is 23.2 Å². The molecule has 5 rings (SSSR count). The molecule has 43 heavy (non-hydrogen) atoms. The number of aliphatic hydroxyl groups is 2. The van der Waals surface area contributed by atoms with Crippen LogP contribution < -0.4 is 0 Å². The molecule has 3 aliphatic carbocycles. The van der Waals surface area contributed by atoms with Gasteiger partial charge in [-0.25, -0.2) is 9.59 Å². The van der Waals surface area contributed by atoms with Gasteiger partial charge in [0.1, 0.15) is 0 Å². The fourth-order valence-corrected chi connectivity index (χ4v) is 6.99. The van der Waals surface area contributed by atoms with Crippen LogP contribution in [0.15, 0.2) is 41.5 Å². The smallest absolute Gasteiger partial charge is 0.368 e. The van der Waals surface area contributed by atoms with Crippen LogP contribution in [0.25, 0.3) is 0 Å². The number of ether oxygens (including phenoxy) is 2. The first-order chi connectivity index (χ1) is 20.1. The molecule has 0 spiro atoms. The van der Waals surface area contributed by atoms with Gasteiger partial charge in [0.15, 0.2) is 17.7 Å². The van der Waals surface area contributed by atoms with Crippen molar-refractivity contribution >= 4 is 40.6 Å². The van der Waals surface area contributed by atoms with E-state index in [1.54, 1.807) is 58.0 Å². The number of ketones is 2. The first-order valence-electron chi connectivity index (χ1n) is 14.2. The number of benzene rings is 1. The molecule has 1 aromatic carbocycles. The summed E-state index contributed by atoms with van der Waals surface area (Å²) >= 11 is 0.948. The quantitative estimate of drug-likeness (QED) is 0.359. The van der Waals surface area contributed by atoms with Crippen LogP contribution in [0.4, 0.5) is 4.79 Å². The summed E-state index contributed by atoms with van der Waals surface area (Å²) in [7, 11) is 0. The number of carbonyl (C=O) groups excluding carboxylic acids is 3. The molecule has 8 unspecified atom stereocenters. The second kappa shape index (κ2) is 13.7. The van der Waals surface area contributed by atoms with Gasteiger partial charge in [-0.05, 0) is 61.2 Å². The predicted octanol–water partition coefficient (Wildman–Crippen LogP) is 3.75. The van der Waals surface area contributed by atoms with E-state index in [-0.39, 0.29) is 42.3 Å². The zero-order chi connectivity index (χ0) is 32.3. The van der Waals surface area contributed by atoms with Gasteiger partial charge in [0.2, 0.25) is 0 Å². The zero-order valence-electron chi connectivity index (χ0n) is 24.9. The highest BCUT2D eigenvalue weighted by Crippen LogP contribution is 2.58. The second-order valence-corrected chi connectivity index (χ2v) is 12.8. The fourth-order valence-electron chi connectivity index (χ4n) is 6.59. The monoisotopic (exact) mass is 620 g/mol. The lowest BCUT2D eigenvalue weighted by molar-refractivity contribution is -0.236. The number of allylic oxidation sites excluding steroid dienone is 1. The van der Waals surface area contributed by atoms with E-state index in [0.29, 0.717) is 35.5 Å². The summed E-state index contributed by atoms with van der Waals surface area (Å²) in [5.41, 5.74) is -1.48. The van der Waals surface area contributed by atoms with Crippen molar-refractivity contribution in [3.8, 4) is 0 Å². The number of carbonyl (C=O) groups is 5. The predicted molar refractivity (Wildman–Crippen MR) is 157 cm³/mol. The molecular weight excluding hydrogens is 580 g/mol. The first kappa shape index (κ1) is 34.4. The van der Waals surface area contributed by atoms with Crippen molar-refractivity contribution in [2.45, 2.75) is 77.8 Å². The lowest BCUT2D eigenvalue weighted by Crippen LogP contribution is -2.67. The van der Waals surface area contributed by atoms with E-state index in [1.807, 2.05) is 0 Å². The zero-order valence-corrected chi connectivity index (χ0v) is 25.8. The molecule has 2 bridgehead atoms. The van der Waals surface area contributed by atoms with Gasteiger partial charge in [-0.3, -0.25) is 14.4 Å². The summed E-state index contributed by atoms with van der Waals surface area (Å²) < 4.78 is 11.3. The Labute approximate surface area is 254 Å². The van der Waals surface area contributed by atoms with E-state index in [2.05, 4.69) is 0 Å². The van der Waals surface area contributed by atoms with Crippen LogP contribution in [0.2, 0.25) is 0 Å². The van der Waals surface area contributed by atoms with Gasteiger partial charge in [0.05, 0.1) is 35.4 Å². The highest BCUT2D eigenvalue weighted by molar-refractivity contribution is 8.13. The normalized spacial score (nSPS) is 34.3. The van der Waals surface area contributed by atoms with Crippen molar-refractivity contribution in [3.63, 3.8) is 0 Å². The minimum absolute atomic E-state index is 0.0172. The molecule has 1 heterocycles. The number of Topliss-reactive ketones (excluding diaryl/α,β-unsaturated/α-hetero) is 2. The third-order valence-electron chi connectivity index (χ3n) is 9.13. The standard InChI is InChI=1S/C22H30O7S.C7H6O2.C2H4O2/c1-5-30-20(26)29-18-17-10(2)14(23)8-22(27,11(17)3)7-13-12-9-28-15(12)6-16(24)21(13,4)19(18)25;8-7(9)6-4-2-1-3-5-6;1-2(3)4/h11-13,15-16,18,24,27H,5-9H2,1-4H3;1-5H,(H,8,9);1H3,(H,3,4). The molecule has 3 fully saturated rings. The second-order valence-electron chi connectivity index (χ2n) is 11.6. The largest absolute Gasteiger partial charge is 0.481 e. The Morgan fingerprint density at radius 2 is 1.74 bits per heavy atom. The number of thioether (sulfide) groups is 1. The minimum Gasteiger partial charge on any atom is -0.481 e. The van der Waals surface area contributed by atoms with Crippen molar-refractivity contribution in [3.05, 3.63) is 47.0 Å². The van der Waals surface area contributed by atoms with Gasteiger partial charge in [0, 0.05) is 37.4 Å². The molecule has 1 aliphatic heterocycles. The van der Waals surface area contributed by atoms with Crippen LogP contribution in [0.1, 0.15) is 64.2 Å². The van der Waals surface area contributed by atoms with Gasteiger partial charge in [-0.1, -0.05) is 32.0 Å². The lowest BCUT2D eigenvalue weighted by Gasteiger charge is -2.59. The molecule has 0 amide bonds. The molecule has 1 saturated heterocycles. The number of carboxylic acid groups (broad SMARTS) is 2. The number of hydrogen-bond donors (Lipinski definition) is 4. The number of rotatable bonds is 3. The molecule has 11 nitrogen and oxygen atoms in total. The Bertz CT molecular complexity index is 1270. The molecule has 4 N–H and O–H groups in total. The summed E-state index contributed by atoms with van der Waals surface area (Å²) in [6.45, 7) is 8.49. The minimum atomic E-state index is -1.36. The van der Waals surface area contributed by atoms with Gasteiger partial charge < -0.3 is 29.9 Å². The highest BCUT2D eigenvalue weighted by atomic mass is 32.2. The van der Waals surface area contributed by atoms with Gasteiger partial charge in [0.25, 0.3) is 5.97 Å². The molecule has 0 aromatic heterocycles. The maximum absolute atomic E-state index is 14.0. The Hall–Kier alpha value is -3.06. The number of aliphatic carboxylic acids is 1. The van der Waals surface area contributed by atoms with Gasteiger partial charge in [-0.15, -0.1) is 0 Å². The number of fused-ring (bicyclic) bond motifs is 5. The average Bonchev–Trinajstić information content (AvgIpc) is 2.92. The Balaban J connectivity index is 0.000000324. The van der Waals surface area contributed by atoms with E-state index in [9.17, 15) is 29.4 Å². The molecule has 1 aromatic rings. The summed E-state index contributed by atoms with van der Waals surface area (Å²) in [6.07, 6.45) is -1.91. The highest BCUT2D eigenvalue weighted by Gasteiger charge is 2.65. The summed E-state index contributed by atoms with van der Waals surface area (Å²) in [4.78, 5) is 58.4. The van der Waals surface area contributed by atoms with Crippen molar-refractivity contribution in [1.82, 2.24) is 0 Å². The third-order valence-corrected chi connectivity index (χ3v) is 9.75. The van der Waals surface area contributed by atoms with Crippen LogP contribution in [-0.4, -0.2) is 85.5 Å². The van der Waals surface area contributed by atoms with E-state index in [1.165, 1.54) is 0 Å². The average molecular weight is 621 g/mol. The number of hydrogen-bond acceptors (Lipinski definition) is 10. The topological polar surface area (TPSA) is 185 Å². The molecule has 12 heteroatoms. The van der Waals surface area contributed by atoms with E-state index in [0.717, 1.165) is 18.7 Å². The molecule has 4 aliphatic rings. The maximum Gasteiger partial charge on any atom is 0.368 e. The summed E-state index contributed by atoms with van der Waals surface area (Å²) in [5, 5.41) is 37.9. The van der Waals surface area contributed by atoms with Gasteiger partial charge in [-0.2, -0.15) is 0 Å². The third kappa shape index (κ3) is 7.03. The molecule has 8 atom stereocenters. The van der Waals surface area contributed by atoms with Gasteiger partial charge >= 0.3 is 11.3 Å². The van der Waals surface area contributed by atoms with E-state index in [4.69, 9.17) is 24.5 Å². The van der Waals surface area contributed by atoms with Crippen molar-refractivity contribution in [1.29, 1.82) is 0 Å². The van der Waals surface area contributed by atoms with Crippen LogP contribution in [-0.2, 0) is 23.9 Å². The Kier molecular flexibility index (Phi) is 11.0. The Morgan fingerprint density at radius 3 is 2.23 bits per heavy atom. The van der Waals surface area contributed by atoms with Crippen LogP contribution in [0, 0.1) is 23.2 Å². The van der Waals surface area contributed by atoms with Crippen LogP contribution >= 0.6 is 11.8 Å². The SMILES string of the molecule is CC(=O)O.CCSC(=O)OC1C(=O)C2(C)C(O)CC3OCC3C2CC2(O)CC(=O)C(C)=C1C2C.O=C(O)c1ccccc1. The maximum atomic E-state index is 14.0. The number of aromatic carboxylic acids is 1. The number of carboxylic acids is 2. The van der Waals surface area contributed by atoms with E-state index >= 15 is 0 Å². The summed E-state index contributed by atoms with van der Waals surface area (Å²) in [5.74, 6) is -2.71.